The van der Waals surface area contributed by atoms with Gasteiger partial charge in [-0.3, -0.25) is 4.90 Å². The van der Waals surface area contributed by atoms with Crippen LogP contribution in [0.25, 0.3) is 0 Å². The number of β-amino-alcohol motifs (C(OH)–C–C–N with tert-alkyl or cyclic N) is 1. The summed E-state index contributed by atoms with van der Waals surface area (Å²) in [4.78, 5) is 1.86. The molecule has 13 heavy (non-hydrogen) atoms. The first-order valence-corrected chi connectivity index (χ1v) is 4.49. The number of hydrogen-bond acceptors (Lipinski definition) is 4. The fourth-order valence-electron chi connectivity index (χ4n) is 1.99. The molecule has 1 aliphatic heterocycles. The van der Waals surface area contributed by atoms with Crippen LogP contribution in [0, 0.1) is 11.3 Å². The van der Waals surface area contributed by atoms with Crippen molar-refractivity contribution in [2.45, 2.75) is 38.0 Å². The number of nitrogens with zero attached hydrogens (tertiary/aromatic N) is 2. The second-order valence-electron chi connectivity index (χ2n) is 3.97. The van der Waals surface area contributed by atoms with Gasteiger partial charge in [-0.05, 0) is 20.3 Å². The Kier molecular flexibility index (Phi) is 2.91. The Bertz CT molecular complexity index is 226. The minimum absolute atomic E-state index is 0.0178. The van der Waals surface area contributed by atoms with E-state index in [0.29, 0.717) is 13.0 Å². The van der Waals surface area contributed by atoms with Crippen LogP contribution in [0.5, 0.6) is 0 Å². The molecule has 3 unspecified atom stereocenters. The van der Waals surface area contributed by atoms with E-state index >= 15 is 0 Å². The molecule has 0 radical (unpaired) electrons. The normalized spacial score (nSPS) is 37.3. The standard InChI is InChI=1S/C9H16N2O2/c1-7(4-10)11-5-8(13)3-9(11,2)6-12/h7-8,12-13H,3,5-6H2,1-2H3. The maximum atomic E-state index is 9.45. The van der Waals surface area contributed by atoms with Gasteiger partial charge in [0, 0.05) is 12.1 Å². The first kappa shape index (κ1) is 10.5. The fourth-order valence-corrected chi connectivity index (χ4v) is 1.99. The highest BCUT2D eigenvalue weighted by Crippen LogP contribution is 2.30. The van der Waals surface area contributed by atoms with Gasteiger partial charge in [0.05, 0.1) is 24.8 Å². The van der Waals surface area contributed by atoms with Gasteiger partial charge in [0.1, 0.15) is 0 Å². The average molecular weight is 184 g/mol. The molecule has 0 aromatic heterocycles. The van der Waals surface area contributed by atoms with Gasteiger partial charge in [-0.25, -0.2) is 0 Å². The summed E-state index contributed by atoms with van der Waals surface area (Å²) < 4.78 is 0. The molecule has 0 aliphatic carbocycles. The summed E-state index contributed by atoms with van der Waals surface area (Å²) in [5, 5.41) is 27.4. The Morgan fingerprint density at radius 1 is 1.77 bits per heavy atom. The Morgan fingerprint density at radius 3 is 2.85 bits per heavy atom. The lowest BCUT2D eigenvalue weighted by molar-refractivity contribution is 0.0662. The molecule has 1 saturated heterocycles. The monoisotopic (exact) mass is 184 g/mol. The van der Waals surface area contributed by atoms with E-state index in [1.807, 2.05) is 11.8 Å². The molecule has 1 fully saturated rings. The SMILES string of the molecule is CC(C#N)N1CC(O)CC1(C)CO. The molecular formula is C9H16N2O2. The molecule has 0 aromatic rings. The molecule has 0 saturated carbocycles. The summed E-state index contributed by atoms with van der Waals surface area (Å²) >= 11 is 0. The minimum atomic E-state index is -0.436. The van der Waals surface area contributed by atoms with Crippen LogP contribution in [0.15, 0.2) is 0 Å². The highest BCUT2D eigenvalue weighted by molar-refractivity contribution is 5.03. The van der Waals surface area contributed by atoms with E-state index in [-0.39, 0.29) is 12.6 Å². The summed E-state index contributed by atoms with van der Waals surface area (Å²) in [7, 11) is 0. The quantitative estimate of drug-likeness (QED) is 0.619. The Labute approximate surface area is 78.4 Å². The summed E-state index contributed by atoms with van der Waals surface area (Å²) in [6.07, 6.45) is 0.114. The van der Waals surface area contributed by atoms with Crippen molar-refractivity contribution in [2.24, 2.45) is 0 Å². The van der Waals surface area contributed by atoms with Crippen molar-refractivity contribution in [1.29, 1.82) is 5.26 Å². The molecule has 4 heteroatoms. The third-order valence-electron chi connectivity index (χ3n) is 2.77. The molecule has 0 aromatic carbocycles. The van der Waals surface area contributed by atoms with Gasteiger partial charge in [-0.1, -0.05) is 0 Å². The highest BCUT2D eigenvalue weighted by atomic mass is 16.3. The number of nitriles is 1. The van der Waals surface area contributed by atoms with Crippen molar-refractivity contribution in [3.63, 3.8) is 0 Å². The lowest BCUT2D eigenvalue weighted by Crippen LogP contribution is -2.48. The third-order valence-corrected chi connectivity index (χ3v) is 2.77. The van der Waals surface area contributed by atoms with Crippen molar-refractivity contribution < 1.29 is 10.2 Å². The second-order valence-corrected chi connectivity index (χ2v) is 3.97. The van der Waals surface area contributed by atoms with E-state index < -0.39 is 11.6 Å². The molecule has 4 nitrogen and oxygen atoms in total. The van der Waals surface area contributed by atoms with Gasteiger partial charge in [0.2, 0.25) is 0 Å². The molecule has 74 valence electrons. The van der Waals surface area contributed by atoms with Crippen LogP contribution < -0.4 is 0 Å². The Balaban J connectivity index is 2.79. The average Bonchev–Trinajstić information content (AvgIpc) is 2.41. The van der Waals surface area contributed by atoms with Gasteiger partial charge in [-0.2, -0.15) is 5.26 Å². The van der Waals surface area contributed by atoms with E-state index in [2.05, 4.69) is 6.07 Å². The van der Waals surface area contributed by atoms with E-state index in [4.69, 9.17) is 5.26 Å². The van der Waals surface area contributed by atoms with Crippen LogP contribution in [-0.4, -0.2) is 45.9 Å². The number of likely N-dealkylation sites (tertiary alicyclic amines) is 1. The minimum Gasteiger partial charge on any atom is -0.394 e. The van der Waals surface area contributed by atoms with Gasteiger partial charge < -0.3 is 10.2 Å². The Morgan fingerprint density at radius 2 is 2.38 bits per heavy atom. The van der Waals surface area contributed by atoms with Crippen molar-refractivity contribution >= 4 is 0 Å². The number of aliphatic hydroxyl groups is 2. The lowest BCUT2D eigenvalue weighted by atomic mass is 9.98. The first-order valence-electron chi connectivity index (χ1n) is 4.49. The first-order chi connectivity index (χ1) is 6.03. The van der Waals surface area contributed by atoms with E-state index in [9.17, 15) is 10.2 Å². The van der Waals surface area contributed by atoms with Crippen molar-refractivity contribution in [3.8, 4) is 6.07 Å². The molecule has 1 heterocycles. The topological polar surface area (TPSA) is 67.5 Å². The van der Waals surface area contributed by atoms with E-state index in [0.717, 1.165) is 0 Å². The predicted molar refractivity (Wildman–Crippen MR) is 47.9 cm³/mol. The molecule has 0 spiro atoms. The number of hydrogen-bond donors (Lipinski definition) is 2. The van der Waals surface area contributed by atoms with Crippen LogP contribution >= 0.6 is 0 Å². The molecule has 3 atom stereocenters. The molecule has 0 amide bonds. The number of rotatable bonds is 2. The summed E-state index contributed by atoms with van der Waals surface area (Å²) in [5.74, 6) is 0. The van der Waals surface area contributed by atoms with Gasteiger partial charge >= 0.3 is 0 Å². The molecule has 1 aliphatic rings. The van der Waals surface area contributed by atoms with Crippen LogP contribution in [0.4, 0.5) is 0 Å². The van der Waals surface area contributed by atoms with Crippen LogP contribution in [0.3, 0.4) is 0 Å². The van der Waals surface area contributed by atoms with Crippen molar-refractivity contribution in [1.82, 2.24) is 4.90 Å². The zero-order valence-corrected chi connectivity index (χ0v) is 8.06. The fraction of sp³-hybridized carbons (Fsp3) is 0.889. The predicted octanol–water partition coefficient (Wildman–Crippen LogP) is -0.284. The Hall–Kier alpha value is -0.630. The van der Waals surface area contributed by atoms with Crippen LogP contribution in [0.2, 0.25) is 0 Å². The largest absolute Gasteiger partial charge is 0.394 e. The van der Waals surface area contributed by atoms with Crippen LogP contribution in [0.1, 0.15) is 20.3 Å². The number of aliphatic hydroxyl groups excluding tert-OH is 2. The summed E-state index contributed by atoms with van der Waals surface area (Å²) in [6.45, 7) is 4.12. The summed E-state index contributed by atoms with van der Waals surface area (Å²) in [6, 6.07) is 1.87. The molecule has 2 N–H and O–H groups in total. The molecule has 0 bridgehead atoms. The zero-order valence-electron chi connectivity index (χ0n) is 8.06. The third kappa shape index (κ3) is 1.83. The molecular weight excluding hydrogens is 168 g/mol. The van der Waals surface area contributed by atoms with Gasteiger partial charge in [0.15, 0.2) is 0 Å². The maximum absolute atomic E-state index is 9.45. The maximum Gasteiger partial charge on any atom is 0.0955 e. The van der Waals surface area contributed by atoms with E-state index in [1.54, 1.807) is 6.92 Å². The van der Waals surface area contributed by atoms with Gasteiger partial charge in [-0.15, -0.1) is 0 Å². The van der Waals surface area contributed by atoms with Gasteiger partial charge in [0.25, 0.3) is 0 Å². The second kappa shape index (κ2) is 3.62. The van der Waals surface area contributed by atoms with Crippen LogP contribution in [-0.2, 0) is 0 Å². The smallest absolute Gasteiger partial charge is 0.0955 e. The van der Waals surface area contributed by atoms with E-state index in [1.165, 1.54) is 0 Å². The highest BCUT2D eigenvalue weighted by Gasteiger charge is 2.43. The lowest BCUT2D eigenvalue weighted by Gasteiger charge is -2.34. The zero-order chi connectivity index (χ0) is 10.1. The summed E-state index contributed by atoms with van der Waals surface area (Å²) in [5.41, 5.74) is -0.436. The van der Waals surface area contributed by atoms with Crippen molar-refractivity contribution in [3.05, 3.63) is 0 Å². The molecule has 1 rings (SSSR count). The van der Waals surface area contributed by atoms with Crippen molar-refractivity contribution in [2.75, 3.05) is 13.2 Å².